The van der Waals surface area contributed by atoms with Crippen LogP contribution in [0.2, 0.25) is 0 Å². The number of halogens is 1. The number of ketones is 1. The van der Waals surface area contributed by atoms with Crippen LogP contribution in [0, 0.1) is 5.82 Å². The van der Waals surface area contributed by atoms with E-state index in [0.717, 1.165) is 6.07 Å². The zero-order chi connectivity index (χ0) is 13.6. The maximum Gasteiger partial charge on any atom is 0.338 e. The van der Waals surface area contributed by atoms with Gasteiger partial charge in [0.05, 0.1) is 24.7 Å². The zero-order valence-electron chi connectivity index (χ0n) is 10.2. The molecule has 1 aliphatic heterocycles. The van der Waals surface area contributed by atoms with Crippen molar-refractivity contribution in [2.24, 2.45) is 0 Å². The molecule has 0 spiro atoms. The number of Topliss-reactive ketones (excluding diaryl/α,β-unsaturated/α-hetero) is 1. The summed E-state index contributed by atoms with van der Waals surface area (Å²) in [6, 6.07) is 2.37. The monoisotopic (exact) mass is 262 g/mol. The fourth-order valence-corrected chi connectivity index (χ4v) is 2.45. The molecule has 6 heteroatoms. The Hall–Kier alpha value is -2.21. The molecule has 0 atom stereocenters. The Bertz CT molecular complexity index is 705. The van der Waals surface area contributed by atoms with Crippen molar-refractivity contribution in [3.05, 3.63) is 34.8 Å². The van der Waals surface area contributed by atoms with Gasteiger partial charge < -0.3 is 15.0 Å². The highest BCUT2D eigenvalue weighted by atomic mass is 19.1. The molecule has 1 aromatic carbocycles. The second-order valence-corrected chi connectivity index (χ2v) is 4.37. The predicted molar refractivity (Wildman–Crippen MR) is 65.6 cm³/mol. The summed E-state index contributed by atoms with van der Waals surface area (Å²) in [5.74, 6) is -1.33. The summed E-state index contributed by atoms with van der Waals surface area (Å²) >= 11 is 0. The number of benzene rings is 1. The SMILES string of the molecule is COC(=O)c1cc(F)cc2[nH]c3c(c12)C(=O)CNC3. The molecule has 1 aromatic heterocycles. The van der Waals surface area contributed by atoms with E-state index in [1.165, 1.54) is 13.2 Å². The number of carbonyl (C=O) groups is 2. The molecule has 0 saturated carbocycles. The Labute approximate surface area is 107 Å². The van der Waals surface area contributed by atoms with Crippen LogP contribution >= 0.6 is 0 Å². The number of aromatic nitrogens is 1. The van der Waals surface area contributed by atoms with Crippen molar-refractivity contribution < 1.29 is 18.7 Å². The molecule has 3 rings (SSSR count). The predicted octanol–water partition coefficient (Wildman–Crippen LogP) is 1.38. The van der Waals surface area contributed by atoms with E-state index in [2.05, 4.69) is 15.0 Å². The second kappa shape index (κ2) is 4.17. The van der Waals surface area contributed by atoms with Crippen molar-refractivity contribution in [3.8, 4) is 0 Å². The van der Waals surface area contributed by atoms with E-state index in [-0.39, 0.29) is 17.9 Å². The minimum atomic E-state index is -0.655. The number of esters is 1. The fourth-order valence-electron chi connectivity index (χ4n) is 2.45. The van der Waals surface area contributed by atoms with Gasteiger partial charge in [0.15, 0.2) is 5.78 Å². The van der Waals surface area contributed by atoms with Crippen molar-refractivity contribution in [2.75, 3.05) is 13.7 Å². The Morgan fingerprint density at radius 2 is 2.16 bits per heavy atom. The van der Waals surface area contributed by atoms with E-state index in [1.807, 2.05) is 0 Å². The first-order chi connectivity index (χ1) is 9.11. The molecule has 0 unspecified atom stereocenters. The number of hydrogen-bond donors (Lipinski definition) is 2. The van der Waals surface area contributed by atoms with Crippen LogP contribution in [0.5, 0.6) is 0 Å². The molecule has 5 nitrogen and oxygen atoms in total. The van der Waals surface area contributed by atoms with Crippen molar-refractivity contribution in [1.29, 1.82) is 0 Å². The maximum atomic E-state index is 13.5. The van der Waals surface area contributed by atoms with Crippen LogP contribution in [0.3, 0.4) is 0 Å². The lowest BCUT2D eigenvalue weighted by Gasteiger charge is -2.12. The summed E-state index contributed by atoms with van der Waals surface area (Å²) in [5.41, 5.74) is 1.63. The fraction of sp³-hybridized carbons (Fsp3) is 0.231. The van der Waals surface area contributed by atoms with Gasteiger partial charge in [-0.05, 0) is 12.1 Å². The first-order valence-electron chi connectivity index (χ1n) is 5.78. The van der Waals surface area contributed by atoms with Gasteiger partial charge in [-0.3, -0.25) is 4.79 Å². The van der Waals surface area contributed by atoms with Crippen molar-refractivity contribution in [3.63, 3.8) is 0 Å². The first-order valence-corrected chi connectivity index (χ1v) is 5.78. The Morgan fingerprint density at radius 3 is 2.89 bits per heavy atom. The summed E-state index contributed by atoms with van der Waals surface area (Å²) in [6.45, 7) is 0.690. The highest BCUT2D eigenvalue weighted by Crippen LogP contribution is 2.29. The molecular formula is C13H11FN2O3. The summed E-state index contributed by atoms with van der Waals surface area (Å²) < 4.78 is 18.2. The van der Waals surface area contributed by atoms with E-state index in [9.17, 15) is 14.0 Å². The molecule has 19 heavy (non-hydrogen) atoms. The van der Waals surface area contributed by atoms with E-state index in [1.54, 1.807) is 0 Å². The summed E-state index contributed by atoms with van der Waals surface area (Å²) in [7, 11) is 1.22. The van der Waals surface area contributed by atoms with Crippen LogP contribution in [0.25, 0.3) is 10.9 Å². The lowest BCUT2D eigenvalue weighted by Crippen LogP contribution is -2.29. The molecule has 2 N–H and O–H groups in total. The highest BCUT2D eigenvalue weighted by Gasteiger charge is 2.26. The number of carbonyl (C=O) groups excluding carboxylic acids is 2. The zero-order valence-corrected chi connectivity index (χ0v) is 10.2. The Morgan fingerprint density at radius 1 is 1.37 bits per heavy atom. The molecule has 0 amide bonds. The third-order valence-corrected chi connectivity index (χ3v) is 3.21. The number of methoxy groups -OCH3 is 1. The van der Waals surface area contributed by atoms with Crippen LogP contribution in [-0.2, 0) is 11.3 Å². The van der Waals surface area contributed by atoms with Crippen molar-refractivity contribution in [1.82, 2.24) is 10.3 Å². The lowest BCUT2D eigenvalue weighted by molar-refractivity contribution is 0.0602. The Kier molecular flexibility index (Phi) is 2.60. The number of hydrogen-bond acceptors (Lipinski definition) is 4. The van der Waals surface area contributed by atoms with Crippen LogP contribution in [-0.4, -0.2) is 30.4 Å². The van der Waals surface area contributed by atoms with Gasteiger partial charge in [0, 0.05) is 23.2 Å². The molecule has 2 aromatic rings. The quantitative estimate of drug-likeness (QED) is 0.762. The van der Waals surface area contributed by atoms with Gasteiger partial charge in [-0.1, -0.05) is 0 Å². The molecule has 2 heterocycles. The smallest absolute Gasteiger partial charge is 0.338 e. The van der Waals surface area contributed by atoms with Gasteiger partial charge in [0.2, 0.25) is 0 Å². The Balaban J connectivity index is 2.39. The van der Waals surface area contributed by atoms with Gasteiger partial charge in [-0.15, -0.1) is 0 Å². The molecule has 0 bridgehead atoms. The summed E-state index contributed by atoms with van der Waals surface area (Å²) in [6.07, 6.45) is 0. The molecule has 98 valence electrons. The van der Waals surface area contributed by atoms with Gasteiger partial charge in [-0.2, -0.15) is 0 Å². The van der Waals surface area contributed by atoms with Crippen LogP contribution in [0.4, 0.5) is 4.39 Å². The summed E-state index contributed by atoms with van der Waals surface area (Å²) in [4.78, 5) is 26.7. The largest absolute Gasteiger partial charge is 0.465 e. The van der Waals surface area contributed by atoms with Gasteiger partial charge in [0.1, 0.15) is 5.82 Å². The standard InChI is InChI=1S/C13H11FN2O3/c1-19-13(18)7-2-6(14)3-8-11(7)12-9(16-8)4-15-5-10(12)17/h2-3,15-16H,4-5H2,1H3. The number of aromatic amines is 1. The number of H-pyrrole nitrogens is 1. The summed E-state index contributed by atoms with van der Waals surface area (Å²) in [5, 5.41) is 3.38. The molecule has 1 aliphatic rings. The third-order valence-electron chi connectivity index (χ3n) is 3.21. The van der Waals surface area contributed by atoms with Gasteiger partial charge in [0.25, 0.3) is 0 Å². The normalized spacial score (nSPS) is 14.5. The van der Waals surface area contributed by atoms with Gasteiger partial charge in [-0.25, -0.2) is 9.18 Å². The average molecular weight is 262 g/mol. The minimum Gasteiger partial charge on any atom is -0.465 e. The average Bonchev–Trinajstić information content (AvgIpc) is 2.76. The van der Waals surface area contributed by atoms with E-state index in [0.29, 0.717) is 28.7 Å². The van der Waals surface area contributed by atoms with Crippen molar-refractivity contribution in [2.45, 2.75) is 6.54 Å². The van der Waals surface area contributed by atoms with E-state index < -0.39 is 11.8 Å². The number of ether oxygens (including phenoxy) is 1. The van der Waals surface area contributed by atoms with E-state index in [4.69, 9.17) is 0 Å². The minimum absolute atomic E-state index is 0.0743. The molecule has 0 aliphatic carbocycles. The van der Waals surface area contributed by atoms with Crippen LogP contribution in [0.1, 0.15) is 26.4 Å². The molecule has 0 fully saturated rings. The van der Waals surface area contributed by atoms with Crippen LogP contribution in [0.15, 0.2) is 12.1 Å². The topological polar surface area (TPSA) is 71.2 Å². The van der Waals surface area contributed by atoms with Crippen LogP contribution < -0.4 is 5.32 Å². The molecule has 0 saturated heterocycles. The maximum absolute atomic E-state index is 13.5. The third kappa shape index (κ3) is 1.72. The highest BCUT2D eigenvalue weighted by molar-refractivity contribution is 6.16. The van der Waals surface area contributed by atoms with Crippen molar-refractivity contribution >= 4 is 22.7 Å². The number of rotatable bonds is 1. The first kappa shape index (κ1) is 11.9. The van der Waals surface area contributed by atoms with E-state index >= 15 is 0 Å². The second-order valence-electron chi connectivity index (χ2n) is 4.37. The number of fused-ring (bicyclic) bond motifs is 3. The number of nitrogens with one attached hydrogen (secondary N) is 2. The molecular weight excluding hydrogens is 251 g/mol. The lowest BCUT2D eigenvalue weighted by atomic mass is 9.99. The van der Waals surface area contributed by atoms with Gasteiger partial charge >= 0.3 is 5.97 Å². The molecule has 0 radical (unpaired) electrons.